The zero-order valence-electron chi connectivity index (χ0n) is 35.5. The van der Waals surface area contributed by atoms with Gasteiger partial charge in [0.15, 0.2) is 0 Å². The molecule has 0 unspecified atom stereocenters. The molecular weight excluding hydrogens is 781 g/mol. The molecule has 0 bridgehead atoms. The molecule has 0 aliphatic carbocycles. The largest absolute Gasteiger partial charge is 0.311 e. The van der Waals surface area contributed by atoms with Gasteiger partial charge in [0.1, 0.15) is 0 Å². The van der Waals surface area contributed by atoms with Crippen molar-refractivity contribution in [2.75, 3.05) is 4.90 Å². The lowest BCUT2D eigenvalue weighted by atomic mass is 9.98. The Balaban J connectivity index is 0.956. The maximum atomic E-state index is 2.54. The Hall–Kier alpha value is -6.99. The van der Waals surface area contributed by atoms with Crippen molar-refractivity contribution in [3.8, 4) is 50.2 Å². The van der Waals surface area contributed by atoms with Crippen molar-refractivity contribution in [2.45, 2.75) is 26.2 Å². The molecule has 0 atom stereocenters. The van der Waals surface area contributed by atoms with Crippen LogP contribution in [0.3, 0.4) is 0 Å². The predicted octanol–water partition coefficient (Wildman–Crippen LogP) is 13.2. The van der Waals surface area contributed by atoms with Crippen molar-refractivity contribution >= 4 is 75.8 Å². The Morgan fingerprint density at radius 1 is 0.323 bits per heavy atom. The van der Waals surface area contributed by atoms with Crippen LogP contribution in [-0.4, -0.2) is 20.7 Å². The summed E-state index contributed by atoms with van der Waals surface area (Å²) in [6.07, 6.45) is 0. The Kier molecular flexibility index (Phi) is 8.18. The third kappa shape index (κ3) is 5.53. The van der Waals surface area contributed by atoms with Crippen LogP contribution < -0.4 is 25.6 Å². The van der Waals surface area contributed by atoms with Crippen molar-refractivity contribution in [3.05, 3.63) is 206 Å². The molecule has 0 saturated carbocycles. The highest BCUT2D eigenvalue weighted by atomic mass is 28.3. The number of fused-ring (bicyclic) bond motifs is 9. The van der Waals surface area contributed by atoms with Crippen molar-refractivity contribution < 1.29 is 0 Å². The molecule has 12 rings (SSSR count). The van der Waals surface area contributed by atoms with Crippen LogP contribution in [0.2, 0.25) is 26.2 Å². The number of anilines is 3. The van der Waals surface area contributed by atoms with Crippen LogP contribution in [0.1, 0.15) is 0 Å². The van der Waals surface area contributed by atoms with Crippen LogP contribution >= 0.6 is 0 Å². The minimum absolute atomic E-state index is 1.17. The van der Waals surface area contributed by atoms with Crippen LogP contribution in [0, 0.1) is 0 Å². The number of para-hydroxylation sites is 2. The second-order valence-corrected chi connectivity index (χ2v) is 26.8. The van der Waals surface area contributed by atoms with Gasteiger partial charge < -0.3 is 9.47 Å². The van der Waals surface area contributed by atoms with E-state index in [4.69, 9.17) is 0 Å². The molecule has 4 heteroatoms. The van der Waals surface area contributed by atoms with E-state index in [0.717, 1.165) is 0 Å². The number of benzene rings is 9. The standard InChI is InChI=1S/C58H46N2Si2/c1-61(2)55-22-14-12-20-48(55)50-32-29-45(37-57(50)61)59(44-27-23-40(24-28-44)39-15-7-5-8-16-39)46-30-33-51-49-31-25-42(36-56(49)62(3,4)58(51)38-46)41-26-34-54-52(35-41)47-19-11-13-21-53(47)60(54)43-17-9-6-10-18-43/h5-38H,1-4H3/q-2. The van der Waals surface area contributed by atoms with Gasteiger partial charge in [-0.05, 0) is 76.9 Å². The Morgan fingerprint density at radius 2 is 0.790 bits per heavy atom. The molecule has 0 spiro atoms. The molecule has 0 N–H and O–H groups in total. The molecule has 10 aromatic rings. The molecule has 298 valence electrons. The lowest BCUT2D eigenvalue weighted by Gasteiger charge is -2.35. The van der Waals surface area contributed by atoms with E-state index in [1.807, 2.05) is 0 Å². The number of rotatable bonds is 6. The van der Waals surface area contributed by atoms with Gasteiger partial charge in [0, 0.05) is 33.5 Å². The molecule has 3 heterocycles. The zero-order chi connectivity index (χ0) is 41.7. The first-order chi connectivity index (χ1) is 30.3. The monoisotopic (exact) mass is 826 g/mol. The summed E-state index contributed by atoms with van der Waals surface area (Å²) in [7, 11) is -4.02. The van der Waals surface area contributed by atoms with Crippen molar-refractivity contribution in [3.63, 3.8) is 0 Å². The van der Waals surface area contributed by atoms with Gasteiger partial charge in [-0.1, -0.05) is 190 Å². The van der Waals surface area contributed by atoms with Crippen molar-refractivity contribution in [1.82, 2.24) is 4.57 Å². The third-order valence-electron chi connectivity index (χ3n) is 14.0. The van der Waals surface area contributed by atoms with Crippen LogP contribution in [0.25, 0.3) is 72.0 Å². The quantitative estimate of drug-likeness (QED) is 0.152. The lowest BCUT2D eigenvalue weighted by molar-refractivity contribution is 1.18. The SMILES string of the molecule is C[Si-]1(C)c2ccccc2-c2ccc(N(c3ccc(-c4ccccc4)cc3)c3ccc4c(c3)[Si-](C)(C)c3cc(-c5ccc6c(c5)c5ccccc5n6-c5ccccc5)ccc3-4)cc21. The molecule has 2 nitrogen and oxygen atoms in total. The minimum Gasteiger partial charge on any atom is -0.311 e. The zero-order valence-corrected chi connectivity index (χ0v) is 37.5. The third-order valence-corrected chi connectivity index (χ3v) is 21.1. The van der Waals surface area contributed by atoms with Gasteiger partial charge in [-0.15, -0.1) is 0 Å². The van der Waals surface area contributed by atoms with E-state index in [0.29, 0.717) is 0 Å². The van der Waals surface area contributed by atoms with E-state index in [1.54, 1.807) is 0 Å². The van der Waals surface area contributed by atoms with Gasteiger partial charge in [-0.3, -0.25) is 0 Å². The van der Waals surface area contributed by atoms with Crippen LogP contribution in [-0.2, 0) is 0 Å². The van der Waals surface area contributed by atoms with E-state index >= 15 is 0 Å². The Morgan fingerprint density at radius 3 is 1.50 bits per heavy atom. The minimum atomic E-state index is -2.12. The second-order valence-electron chi connectivity index (χ2n) is 18.2. The molecule has 2 aliphatic rings. The van der Waals surface area contributed by atoms with Crippen molar-refractivity contribution in [2.24, 2.45) is 0 Å². The topological polar surface area (TPSA) is 8.17 Å². The molecule has 62 heavy (non-hydrogen) atoms. The summed E-state index contributed by atoms with van der Waals surface area (Å²) in [4.78, 5) is 2.50. The summed E-state index contributed by atoms with van der Waals surface area (Å²) in [5.74, 6) is 0. The van der Waals surface area contributed by atoms with Gasteiger partial charge in [-0.25, -0.2) is 0 Å². The lowest BCUT2D eigenvalue weighted by Crippen LogP contribution is -2.49. The van der Waals surface area contributed by atoms with Crippen LogP contribution in [0.5, 0.6) is 0 Å². The van der Waals surface area contributed by atoms with E-state index < -0.39 is 16.1 Å². The molecular formula is C58H46N2Si2-2. The first kappa shape index (κ1) is 36.8. The summed E-state index contributed by atoms with van der Waals surface area (Å²) in [5.41, 5.74) is 17.8. The summed E-state index contributed by atoms with van der Waals surface area (Å²) in [6.45, 7) is 10.1. The summed E-state index contributed by atoms with van der Waals surface area (Å²) >= 11 is 0. The number of hydrogen-bond acceptors (Lipinski definition) is 1. The highest BCUT2D eigenvalue weighted by Crippen LogP contribution is 2.41. The normalized spacial score (nSPS) is 14.1. The predicted molar refractivity (Wildman–Crippen MR) is 271 cm³/mol. The summed E-state index contributed by atoms with van der Waals surface area (Å²) in [6, 6.07) is 77.3. The van der Waals surface area contributed by atoms with Gasteiger partial charge >= 0.3 is 0 Å². The molecule has 1 aromatic heterocycles. The molecule has 0 radical (unpaired) electrons. The highest BCUT2D eigenvalue weighted by molar-refractivity contribution is 7.04. The van der Waals surface area contributed by atoms with Gasteiger partial charge in [0.2, 0.25) is 0 Å². The van der Waals surface area contributed by atoms with Gasteiger partial charge in [0.25, 0.3) is 0 Å². The fourth-order valence-corrected chi connectivity index (χ4v) is 17.0. The van der Waals surface area contributed by atoms with Gasteiger partial charge in [0.05, 0.1) is 11.0 Å². The first-order valence-corrected chi connectivity index (χ1v) is 27.8. The smallest absolute Gasteiger partial charge is 0.0541 e. The maximum Gasteiger partial charge on any atom is 0.0541 e. The van der Waals surface area contributed by atoms with E-state index in [2.05, 4.69) is 242 Å². The average molecular weight is 827 g/mol. The highest BCUT2D eigenvalue weighted by Gasteiger charge is 2.30. The van der Waals surface area contributed by atoms with Gasteiger partial charge in [-0.2, -0.15) is 46.9 Å². The molecule has 0 fully saturated rings. The Bertz CT molecular complexity index is 3400. The fourth-order valence-electron chi connectivity index (χ4n) is 10.8. The number of aromatic nitrogens is 1. The van der Waals surface area contributed by atoms with Crippen LogP contribution in [0.4, 0.5) is 17.1 Å². The molecule has 0 saturated heterocycles. The van der Waals surface area contributed by atoms with Crippen LogP contribution in [0.15, 0.2) is 206 Å². The average Bonchev–Trinajstić information content (AvgIpc) is 3.86. The van der Waals surface area contributed by atoms with E-state index in [1.165, 1.54) is 110 Å². The number of nitrogens with zero attached hydrogens (tertiary/aromatic N) is 2. The molecule has 0 amide bonds. The fraction of sp³-hybridized carbons (Fsp3) is 0.0690. The molecule has 2 aliphatic heterocycles. The van der Waals surface area contributed by atoms with Crippen molar-refractivity contribution in [1.29, 1.82) is 0 Å². The Labute approximate surface area is 366 Å². The summed E-state index contributed by atoms with van der Waals surface area (Å²) < 4.78 is 2.40. The maximum absolute atomic E-state index is 2.54. The molecule has 9 aromatic carbocycles. The second kappa shape index (κ2) is 13.8. The summed E-state index contributed by atoms with van der Waals surface area (Å²) in [5, 5.41) is 8.62. The first-order valence-electron chi connectivity index (χ1n) is 21.8. The number of hydrogen-bond donors (Lipinski definition) is 0. The van der Waals surface area contributed by atoms with E-state index in [9.17, 15) is 0 Å². The van der Waals surface area contributed by atoms with E-state index in [-0.39, 0.29) is 0 Å².